The standard InChI is InChI=1S/C17H18F2N2O3S2/c1-11(25-16-8-7-12(18)9-15(16)19)17(22)20-13-5-4-6-14(10-13)26(23,24)21(2)3/h4-11H,1-3H3,(H,20,22)/t11-/m1/s1. The maximum absolute atomic E-state index is 13.7. The van der Waals surface area contributed by atoms with Crippen molar-refractivity contribution >= 4 is 33.4 Å². The van der Waals surface area contributed by atoms with Gasteiger partial charge in [-0.15, -0.1) is 11.8 Å². The van der Waals surface area contributed by atoms with Crippen molar-refractivity contribution in [1.82, 2.24) is 4.31 Å². The van der Waals surface area contributed by atoms with E-state index in [0.29, 0.717) is 5.69 Å². The fraction of sp³-hybridized carbons (Fsp3) is 0.235. The normalized spacial score (nSPS) is 12.8. The Kier molecular flexibility index (Phi) is 6.38. The number of hydrogen-bond acceptors (Lipinski definition) is 4. The van der Waals surface area contributed by atoms with Gasteiger partial charge in [0.15, 0.2) is 0 Å². The Morgan fingerprint density at radius 1 is 1.15 bits per heavy atom. The molecule has 2 aromatic rings. The molecule has 0 aliphatic rings. The smallest absolute Gasteiger partial charge is 0.242 e. The monoisotopic (exact) mass is 400 g/mol. The average Bonchev–Trinajstić information content (AvgIpc) is 2.57. The van der Waals surface area contributed by atoms with E-state index in [2.05, 4.69) is 5.32 Å². The van der Waals surface area contributed by atoms with Crippen molar-refractivity contribution < 1.29 is 22.0 Å². The van der Waals surface area contributed by atoms with E-state index >= 15 is 0 Å². The van der Waals surface area contributed by atoms with Gasteiger partial charge in [0.1, 0.15) is 11.6 Å². The molecular formula is C17H18F2N2O3S2. The Bertz CT molecular complexity index is 918. The number of nitrogens with zero attached hydrogens (tertiary/aromatic N) is 1. The highest BCUT2D eigenvalue weighted by molar-refractivity contribution is 8.00. The zero-order chi connectivity index (χ0) is 19.5. The molecule has 0 fully saturated rings. The SMILES string of the molecule is C[C@@H](Sc1ccc(F)cc1F)C(=O)Nc1cccc(S(=O)(=O)N(C)C)c1. The first-order chi connectivity index (χ1) is 12.1. The summed E-state index contributed by atoms with van der Waals surface area (Å²) in [5.41, 5.74) is 0.310. The lowest BCUT2D eigenvalue weighted by Crippen LogP contribution is -2.24. The largest absolute Gasteiger partial charge is 0.325 e. The molecule has 2 rings (SSSR count). The number of hydrogen-bond donors (Lipinski definition) is 1. The van der Waals surface area contributed by atoms with Crippen molar-refractivity contribution in [1.29, 1.82) is 0 Å². The van der Waals surface area contributed by atoms with E-state index in [9.17, 15) is 22.0 Å². The molecule has 0 spiro atoms. The minimum absolute atomic E-state index is 0.0465. The highest BCUT2D eigenvalue weighted by Crippen LogP contribution is 2.27. The predicted octanol–water partition coefficient (Wildman–Crippen LogP) is 3.33. The van der Waals surface area contributed by atoms with Crippen LogP contribution >= 0.6 is 11.8 Å². The first-order valence-corrected chi connectivity index (χ1v) is 9.88. The molecule has 1 N–H and O–H groups in total. The minimum Gasteiger partial charge on any atom is -0.325 e. The average molecular weight is 400 g/mol. The topological polar surface area (TPSA) is 66.5 Å². The number of halogens is 2. The van der Waals surface area contributed by atoms with Gasteiger partial charge in [0.2, 0.25) is 15.9 Å². The Balaban J connectivity index is 2.12. The van der Waals surface area contributed by atoms with Crippen molar-refractivity contribution in [2.45, 2.75) is 22.0 Å². The number of sulfonamides is 1. The van der Waals surface area contributed by atoms with Gasteiger partial charge in [-0.3, -0.25) is 4.79 Å². The van der Waals surface area contributed by atoms with Gasteiger partial charge in [0.05, 0.1) is 10.1 Å². The van der Waals surface area contributed by atoms with Crippen LogP contribution in [0.4, 0.5) is 14.5 Å². The van der Waals surface area contributed by atoms with Crippen LogP contribution in [0.5, 0.6) is 0 Å². The summed E-state index contributed by atoms with van der Waals surface area (Å²) in [7, 11) is -0.795. The number of carbonyl (C=O) groups excluding carboxylic acids is 1. The van der Waals surface area contributed by atoms with Gasteiger partial charge in [-0.1, -0.05) is 6.07 Å². The van der Waals surface area contributed by atoms with Gasteiger partial charge in [-0.05, 0) is 37.3 Å². The van der Waals surface area contributed by atoms with Crippen molar-refractivity contribution in [3.05, 3.63) is 54.1 Å². The first-order valence-electron chi connectivity index (χ1n) is 7.56. The third-order valence-electron chi connectivity index (χ3n) is 3.45. The molecule has 0 saturated heterocycles. The predicted molar refractivity (Wildman–Crippen MR) is 97.6 cm³/mol. The molecule has 26 heavy (non-hydrogen) atoms. The van der Waals surface area contributed by atoms with Crippen molar-refractivity contribution in [2.24, 2.45) is 0 Å². The summed E-state index contributed by atoms with van der Waals surface area (Å²) in [5, 5.41) is 1.93. The van der Waals surface area contributed by atoms with Crippen LogP contribution in [-0.2, 0) is 14.8 Å². The Labute approximate surface area is 155 Å². The quantitative estimate of drug-likeness (QED) is 0.756. The second kappa shape index (κ2) is 8.15. The molecule has 0 bridgehead atoms. The van der Waals surface area contributed by atoms with Crippen LogP contribution in [0.25, 0.3) is 0 Å². The maximum atomic E-state index is 13.7. The van der Waals surface area contributed by atoms with Crippen LogP contribution < -0.4 is 5.32 Å². The fourth-order valence-corrected chi connectivity index (χ4v) is 3.82. The molecule has 5 nitrogen and oxygen atoms in total. The van der Waals surface area contributed by atoms with Gasteiger partial charge in [-0.2, -0.15) is 0 Å². The van der Waals surface area contributed by atoms with Crippen molar-refractivity contribution in [2.75, 3.05) is 19.4 Å². The van der Waals surface area contributed by atoms with E-state index in [1.54, 1.807) is 13.0 Å². The van der Waals surface area contributed by atoms with E-state index in [0.717, 1.165) is 28.2 Å². The van der Waals surface area contributed by atoms with E-state index in [-0.39, 0.29) is 9.79 Å². The number of benzene rings is 2. The number of thioether (sulfide) groups is 1. The van der Waals surface area contributed by atoms with E-state index < -0.39 is 32.8 Å². The Morgan fingerprint density at radius 2 is 1.85 bits per heavy atom. The molecule has 1 amide bonds. The molecular weight excluding hydrogens is 382 g/mol. The summed E-state index contributed by atoms with van der Waals surface area (Å²) in [6.45, 7) is 1.57. The van der Waals surface area contributed by atoms with Crippen LogP contribution in [0.15, 0.2) is 52.3 Å². The lowest BCUT2D eigenvalue weighted by molar-refractivity contribution is -0.115. The maximum Gasteiger partial charge on any atom is 0.242 e. The Morgan fingerprint density at radius 3 is 2.46 bits per heavy atom. The minimum atomic E-state index is -3.62. The Hall–Kier alpha value is -1.97. The second-order valence-electron chi connectivity index (χ2n) is 5.64. The summed E-state index contributed by atoms with van der Waals surface area (Å²) in [5.74, 6) is -1.87. The number of anilines is 1. The highest BCUT2D eigenvalue weighted by Gasteiger charge is 2.20. The lowest BCUT2D eigenvalue weighted by Gasteiger charge is -2.15. The fourth-order valence-electron chi connectivity index (χ4n) is 2.00. The third-order valence-corrected chi connectivity index (χ3v) is 6.41. The molecule has 2 aromatic carbocycles. The summed E-state index contributed by atoms with van der Waals surface area (Å²) in [6, 6.07) is 8.99. The van der Waals surface area contributed by atoms with Gasteiger partial charge in [-0.25, -0.2) is 21.5 Å². The van der Waals surface area contributed by atoms with Crippen LogP contribution in [0, 0.1) is 11.6 Å². The van der Waals surface area contributed by atoms with E-state index in [4.69, 9.17) is 0 Å². The molecule has 0 aliphatic carbocycles. The molecule has 1 atom stereocenters. The number of nitrogens with one attached hydrogen (secondary N) is 1. The molecule has 9 heteroatoms. The summed E-state index contributed by atoms with van der Waals surface area (Å²) in [6.07, 6.45) is 0. The number of carbonyl (C=O) groups is 1. The molecule has 0 aliphatic heterocycles. The van der Waals surface area contributed by atoms with Gasteiger partial charge in [0, 0.05) is 30.7 Å². The molecule has 0 aromatic heterocycles. The summed E-state index contributed by atoms with van der Waals surface area (Å²) >= 11 is 0.941. The molecule has 0 radical (unpaired) electrons. The molecule has 140 valence electrons. The van der Waals surface area contributed by atoms with E-state index in [1.807, 2.05) is 0 Å². The molecule has 0 saturated carbocycles. The summed E-state index contributed by atoms with van der Waals surface area (Å²) in [4.78, 5) is 12.5. The zero-order valence-electron chi connectivity index (χ0n) is 14.4. The molecule has 0 heterocycles. The van der Waals surface area contributed by atoms with Gasteiger partial charge < -0.3 is 5.32 Å². The zero-order valence-corrected chi connectivity index (χ0v) is 16.0. The van der Waals surface area contributed by atoms with Crippen LogP contribution in [0.1, 0.15) is 6.92 Å². The number of rotatable bonds is 6. The molecule has 0 unspecified atom stereocenters. The van der Waals surface area contributed by atoms with Crippen LogP contribution in [0.2, 0.25) is 0 Å². The number of amides is 1. The second-order valence-corrected chi connectivity index (χ2v) is 9.17. The van der Waals surface area contributed by atoms with Gasteiger partial charge >= 0.3 is 0 Å². The van der Waals surface area contributed by atoms with Crippen molar-refractivity contribution in [3.8, 4) is 0 Å². The lowest BCUT2D eigenvalue weighted by atomic mass is 10.3. The van der Waals surface area contributed by atoms with Crippen molar-refractivity contribution in [3.63, 3.8) is 0 Å². The van der Waals surface area contributed by atoms with Crippen LogP contribution in [-0.4, -0.2) is 38.0 Å². The summed E-state index contributed by atoms with van der Waals surface area (Å²) < 4.78 is 52.0. The van der Waals surface area contributed by atoms with E-state index in [1.165, 1.54) is 38.4 Å². The first kappa shape index (κ1) is 20.3. The van der Waals surface area contributed by atoms with Crippen LogP contribution in [0.3, 0.4) is 0 Å². The van der Waals surface area contributed by atoms with Gasteiger partial charge in [0.25, 0.3) is 0 Å². The highest BCUT2D eigenvalue weighted by atomic mass is 32.2. The third kappa shape index (κ3) is 4.80.